The van der Waals surface area contributed by atoms with E-state index in [1.165, 1.54) is 0 Å². The minimum atomic E-state index is -4.09. The molecule has 1 aromatic rings. The normalized spacial score (nSPS) is 28.6. The number of hydrogen-bond donors (Lipinski definition) is 1. The fraction of sp³-hybridized carbons (Fsp3) is 0.600. The van der Waals surface area contributed by atoms with Crippen LogP contribution in [0.1, 0.15) is 25.8 Å². The van der Waals surface area contributed by atoms with Crippen LogP contribution in [0, 0.1) is 0 Å². The van der Waals surface area contributed by atoms with Crippen LogP contribution in [0.15, 0.2) is 30.3 Å². The third-order valence-electron chi connectivity index (χ3n) is 4.02. The van der Waals surface area contributed by atoms with E-state index in [1.54, 1.807) is 0 Å². The van der Waals surface area contributed by atoms with E-state index in [4.69, 9.17) is 0 Å². The van der Waals surface area contributed by atoms with Crippen LogP contribution in [-0.2, 0) is 5.54 Å². The number of hydrogen-bond acceptors (Lipinski definition) is 2. The number of nitrogens with one attached hydrogen (secondary N) is 1. The molecule has 2 nitrogen and oxygen atoms in total. The van der Waals surface area contributed by atoms with E-state index >= 15 is 0 Å². The van der Waals surface area contributed by atoms with Crippen molar-refractivity contribution in [1.82, 2.24) is 10.2 Å². The van der Waals surface area contributed by atoms with Gasteiger partial charge in [-0.25, -0.2) is 0 Å². The maximum absolute atomic E-state index is 12.4. The summed E-state index contributed by atoms with van der Waals surface area (Å²) in [5.41, 5.74) is 0.822. The summed E-state index contributed by atoms with van der Waals surface area (Å²) in [5.74, 6) is 0. The lowest BCUT2D eigenvalue weighted by atomic mass is 9.88. The van der Waals surface area contributed by atoms with Gasteiger partial charge >= 0.3 is 6.18 Å². The van der Waals surface area contributed by atoms with Crippen LogP contribution in [0.4, 0.5) is 13.2 Å². The van der Waals surface area contributed by atoms with Crippen molar-refractivity contribution in [2.45, 2.75) is 38.0 Å². The minimum Gasteiger partial charge on any atom is -0.305 e. The van der Waals surface area contributed by atoms with Gasteiger partial charge in [-0.15, -0.1) is 0 Å². The predicted octanol–water partition coefficient (Wildman–Crippen LogP) is 3.15. The zero-order valence-corrected chi connectivity index (χ0v) is 11.9. The summed E-state index contributed by atoms with van der Waals surface area (Å²) in [4.78, 5) is 1.93. The summed E-state index contributed by atoms with van der Waals surface area (Å²) in [5, 5.41) is 3.47. The Morgan fingerprint density at radius 2 is 1.95 bits per heavy atom. The molecular weight excluding hydrogens is 265 g/mol. The van der Waals surface area contributed by atoms with Gasteiger partial charge in [-0.2, -0.15) is 13.2 Å². The van der Waals surface area contributed by atoms with Crippen LogP contribution in [0.5, 0.6) is 0 Å². The Morgan fingerprint density at radius 1 is 1.30 bits per heavy atom. The number of alkyl halides is 3. The van der Waals surface area contributed by atoms with E-state index < -0.39 is 12.6 Å². The molecule has 0 saturated carbocycles. The Bertz CT molecular complexity index is 432. The van der Waals surface area contributed by atoms with Crippen molar-refractivity contribution in [3.8, 4) is 0 Å². The summed E-state index contributed by atoms with van der Waals surface area (Å²) in [7, 11) is 0. The van der Waals surface area contributed by atoms with E-state index in [9.17, 15) is 13.2 Å². The van der Waals surface area contributed by atoms with Gasteiger partial charge in [0.15, 0.2) is 0 Å². The van der Waals surface area contributed by atoms with Gasteiger partial charge in [0.1, 0.15) is 0 Å². The second-order valence-corrected chi connectivity index (χ2v) is 5.76. The van der Waals surface area contributed by atoms with E-state index in [1.807, 2.05) is 42.2 Å². The molecule has 0 aliphatic carbocycles. The van der Waals surface area contributed by atoms with Gasteiger partial charge in [0.25, 0.3) is 0 Å². The Labute approximate surface area is 118 Å². The van der Waals surface area contributed by atoms with E-state index in [2.05, 4.69) is 12.2 Å². The molecular formula is C15H21F3N2. The first-order valence-electron chi connectivity index (χ1n) is 6.91. The third-order valence-corrected chi connectivity index (χ3v) is 4.02. The zero-order chi connectivity index (χ0) is 14.8. The number of rotatable bonds is 3. The van der Waals surface area contributed by atoms with Crippen molar-refractivity contribution in [3.63, 3.8) is 0 Å². The fourth-order valence-electron chi connectivity index (χ4n) is 2.69. The quantitative estimate of drug-likeness (QED) is 0.918. The molecule has 2 rings (SSSR count). The first-order valence-corrected chi connectivity index (χ1v) is 6.91. The average Bonchev–Trinajstić information content (AvgIpc) is 2.40. The number of nitrogens with zero attached hydrogens (tertiary/aromatic N) is 1. The first-order chi connectivity index (χ1) is 9.30. The predicted molar refractivity (Wildman–Crippen MR) is 73.5 cm³/mol. The molecule has 1 N–H and O–H groups in total. The summed E-state index contributed by atoms with van der Waals surface area (Å²) in [6.07, 6.45) is -4.84. The van der Waals surface area contributed by atoms with Gasteiger partial charge in [0, 0.05) is 25.7 Å². The first kappa shape index (κ1) is 15.3. The minimum absolute atomic E-state index is 0.0643. The molecule has 0 spiro atoms. The van der Waals surface area contributed by atoms with E-state index in [-0.39, 0.29) is 18.1 Å². The number of halogens is 3. The molecule has 1 heterocycles. The molecule has 1 saturated heterocycles. The maximum Gasteiger partial charge on any atom is 0.390 e. The highest BCUT2D eigenvalue weighted by Gasteiger charge is 2.37. The summed E-state index contributed by atoms with van der Waals surface area (Å²) < 4.78 is 37.2. The molecule has 112 valence electrons. The van der Waals surface area contributed by atoms with Crippen molar-refractivity contribution in [2.24, 2.45) is 0 Å². The molecule has 0 bridgehead atoms. The zero-order valence-electron chi connectivity index (χ0n) is 11.9. The topological polar surface area (TPSA) is 15.3 Å². The molecule has 20 heavy (non-hydrogen) atoms. The Kier molecular flexibility index (Phi) is 4.39. The molecule has 5 heteroatoms. The largest absolute Gasteiger partial charge is 0.390 e. The van der Waals surface area contributed by atoms with Crippen molar-refractivity contribution in [3.05, 3.63) is 35.9 Å². The Balaban J connectivity index is 2.07. The highest BCUT2D eigenvalue weighted by atomic mass is 19.4. The van der Waals surface area contributed by atoms with Crippen LogP contribution < -0.4 is 5.32 Å². The van der Waals surface area contributed by atoms with Crippen molar-refractivity contribution >= 4 is 0 Å². The second-order valence-electron chi connectivity index (χ2n) is 5.76. The molecule has 1 aromatic carbocycles. The molecule has 2 atom stereocenters. The van der Waals surface area contributed by atoms with E-state index in [0.717, 1.165) is 5.56 Å². The Morgan fingerprint density at radius 3 is 2.55 bits per heavy atom. The monoisotopic (exact) mass is 286 g/mol. The van der Waals surface area contributed by atoms with Gasteiger partial charge in [0.2, 0.25) is 0 Å². The van der Waals surface area contributed by atoms with Gasteiger partial charge in [0.05, 0.1) is 12.0 Å². The van der Waals surface area contributed by atoms with Gasteiger partial charge < -0.3 is 5.32 Å². The molecule has 1 fully saturated rings. The molecule has 0 radical (unpaired) electrons. The fourth-order valence-corrected chi connectivity index (χ4v) is 2.69. The maximum atomic E-state index is 12.4. The van der Waals surface area contributed by atoms with Crippen LogP contribution in [0.2, 0.25) is 0 Å². The summed E-state index contributed by atoms with van der Waals surface area (Å²) in [6, 6.07) is 10.0. The van der Waals surface area contributed by atoms with Crippen molar-refractivity contribution in [2.75, 3.05) is 19.6 Å². The van der Waals surface area contributed by atoms with Crippen molar-refractivity contribution < 1.29 is 13.2 Å². The lowest BCUT2D eigenvalue weighted by molar-refractivity contribution is -0.140. The van der Waals surface area contributed by atoms with Crippen LogP contribution in [0.3, 0.4) is 0 Å². The second kappa shape index (κ2) is 5.74. The average molecular weight is 286 g/mol. The van der Waals surface area contributed by atoms with Gasteiger partial charge in [-0.3, -0.25) is 4.90 Å². The highest BCUT2D eigenvalue weighted by Crippen LogP contribution is 2.28. The van der Waals surface area contributed by atoms with E-state index in [0.29, 0.717) is 13.1 Å². The number of piperazine rings is 1. The molecule has 1 aliphatic rings. The number of benzene rings is 1. The third kappa shape index (κ3) is 3.73. The van der Waals surface area contributed by atoms with Gasteiger partial charge in [-0.05, 0) is 19.4 Å². The van der Waals surface area contributed by atoms with Crippen molar-refractivity contribution in [1.29, 1.82) is 0 Å². The lowest BCUT2D eigenvalue weighted by Crippen LogP contribution is -2.60. The van der Waals surface area contributed by atoms with Crippen LogP contribution in [0.25, 0.3) is 0 Å². The highest BCUT2D eigenvalue weighted by molar-refractivity contribution is 5.25. The van der Waals surface area contributed by atoms with Crippen LogP contribution in [-0.4, -0.2) is 36.8 Å². The summed E-state index contributed by atoms with van der Waals surface area (Å²) >= 11 is 0. The molecule has 0 amide bonds. The SMILES string of the molecule is CC1CNC(C)(c2ccccc2)CN1CCC(F)(F)F. The smallest absolute Gasteiger partial charge is 0.305 e. The Hall–Kier alpha value is -1.07. The van der Waals surface area contributed by atoms with Crippen LogP contribution >= 0.6 is 0 Å². The molecule has 0 aromatic heterocycles. The lowest BCUT2D eigenvalue weighted by Gasteiger charge is -2.45. The summed E-state index contributed by atoms with van der Waals surface area (Å²) in [6.45, 7) is 5.37. The molecule has 2 unspecified atom stereocenters. The standard InChI is InChI=1S/C15H21F3N2/c1-12-10-19-14(2,13-6-4-3-5-7-13)11-20(12)9-8-15(16,17)18/h3-7,12,19H,8-11H2,1-2H3. The molecule has 1 aliphatic heterocycles. The van der Waals surface area contributed by atoms with Gasteiger partial charge in [-0.1, -0.05) is 30.3 Å².